The Morgan fingerprint density at radius 3 is 2.60 bits per heavy atom. The number of hydrogen-bond donors (Lipinski definition) is 2. The van der Waals surface area contributed by atoms with E-state index in [9.17, 15) is 0 Å². The van der Waals surface area contributed by atoms with Crippen LogP contribution in [0.1, 0.15) is 25.5 Å². The first-order valence-electron chi connectivity index (χ1n) is 6.38. The number of hydrogen-bond acceptors (Lipinski definition) is 5. The number of nitrogens with one attached hydrogen (secondary N) is 1. The molecule has 6 heteroatoms. The van der Waals surface area contributed by atoms with Crippen LogP contribution in [0.25, 0.3) is 0 Å². The van der Waals surface area contributed by atoms with Crippen molar-refractivity contribution in [2.24, 2.45) is 0 Å². The second kappa shape index (κ2) is 6.81. The molecule has 0 amide bonds. The number of thioether (sulfide) groups is 1. The Morgan fingerprint density at radius 1 is 1.30 bits per heavy atom. The molecule has 1 unspecified atom stereocenters. The Kier molecular flexibility index (Phi) is 5.09. The van der Waals surface area contributed by atoms with Gasteiger partial charge in [-0.05, 0) is 30.4 Å². The van der Waals surface area contributed by atoms with Gasteiger partial charge in [-0.1, -0.05) is 30.7 Å². The first kappa shape index (κ1) is 14.9. The molecule has 2 rings (SSSR count). The molecule has 0 spiro atoms. The van der Waals surface area contributed by atoms with Crippen molar-refractivity contribution in [2.75, 3.05) is 16.8 Å². The molecule has 0 radical (unpaired) electrons. The predicted octanol–water partition coefficient (Wildman–Crippen LogP) is 4.00. The largest absolute Gasteiger partial charge is 0.368 e. The molecule has 0 saturated heterocycles. The Bertz CT molecular complexity index is 554. The fourth-order valence-corrected chi connectivity index (χ4v) is 2.69. The van der Waals surface area contributed by atoms with Crippen molar-refractivity contribution in [2.45, 2.75) is 24.8 Å². The number of anilines is 2. The van der Waals surface area contributed by atoms with E-state index in [1.165, 1.54) is 10.5 Å². The van der Waals surface area contributed by atoms with Gasteiger partial charge >= 0.3 is 0 Å². The molecule has 2 aromatic rings. The molecule has 0 aliphatic rings. The Labute approximate surface area is 128 Å². The van der Waals surface area contributed by atoms with Crippen LogP contribution in [0.3, 0.4) is 0 Å². The highest BCUT2D eigenvalue weighted by Crippen LogP contribution is 2.23. The molecular formula is C14H17ClN4S. The molecule has 4 nitrogen and oxygen atoms in total. The molecule has 0 fully saturated rings. The summed E-state index contributed by atoms with van der Waals surface area (Å²) in [6.07, 6.45) is 0. The van der Waals surface area contributed by atoms with Crippen LogP contribution in [0.5, 0.6) is 0 Å². The summed E-state index contributed by atoms with van der Waals surface area (Å²) in [6, 6.07) is 10.3. The monoisotopic (exact) mass is 308 g/mol. The van der Waals surface area contributed by atoms with Gasteiger partial charge in [0.05, 0.1) is 0 Å². The molecule has 1 heterocycles. The third kappa shape index (κ3) is 4.02. The van der Waals surface area contributed by atoms with Crippen molar-refractivity contribution < 1.29 is 0 Å². The zero-order valence-corrected chi connectivity index (χ0v) is 13.0. The molecule has 3 N–H and O–H groups in total. The third-order valence-electron chi connectivity index (χ3n) is 2.77. The van der Waals surface area contributed by atoms with Gasteiger partial charge in [-0.25, -0.2) is 4.98 Å². The Balaban J connectivity index is 2.08. The number of aromatic nitrogens is 2. The highest BCUT2D eigenvalue weighted by molar-refractivity contribution is 7.99. The van der Waals surface area contributed by atoms with Crippen LogP contribution in [0.4, 0.5) is 11.8 Å². The zero-order chi connectivity index (χ0) is 14.5. The molecule has 0 aliphatic heterocycles. The number of benzene rings is 1. The molecular weight excluding hydrogens is 292 g/mol. The summed E-state index contributed by atoms with van der Waals surface area (Å²) >= 11 is 7.69. The Morgan fingerprint density at radius 2 is 2.00 bits per heavy atom. The third-order valence-corrected chi connectivity index (χ3v) is 3.86. The standard InChI is InChI=1S/C14H17ClN4S/c1-3-20-11-6-4-10(5-7-11)9(2)17-13-8-12(15)18-14(16)19-13/h4-9H,3H2,1-2H3,(H3,16,17,18,19). The molecule has 0 aliphatic carbocycles. The van der Waals surface area contributed by atoms with Crippen molar-refractivity contribution >= 4 is 35.1 Å². The number of halogens is 1. The minimum atomic E-state index is 0.112. The fraction of sp³-hybridized carbons (Fsp3) is 0.286. The van der Waals surface area contributed by atoms with E-state index < -0.39 is 0 Å². The topological polar surface area (TPSA) is 63.8 Å². The van der Waals surface area contributed by atoms with Gasteiger partial charge < -0.3 is 11.1 Å². The zero-order valence-electron chi connectivity index (χ0n) is 11.4. The maximum absolute atomic E-state index is 5.86. The van der Waals surface area contributed by atoms with Crippen LogP contribution >= 0.6 is 23.4 Å². The summed E-state index contributed by atoms with van der Waals surface area (Å²) in [5.41, 5.74) is 6.76. The molecule has 1 atom stereocenters. The van der Waals surface area contributed by atoms with Gasteiger partial charge in [0.25, 0.3) is 0 Å². The molecule has 1 aromatic carbocycles. The van der Waals surface area contributed by atoms with Gasteiger partial charge in [-0.3, -0.25) is 0 Å². The maximum atomic E-state index is 5.86. The van der Waals surface area contributed by atoms with Crippen LogP contribution < -0.4 is 11.1 Å². The first-order chi connectivity index (χ1) is 9.58. The summed E-state index contributed by atoms with van der Waals surface area (Å²) in [5, 5.41) is 3.60. The average molecular weight is 309 g/mol. The summed E-state index contributed by atoms with van der Waals surface area (Å²) in [5.74, 6) is 1.87. The lowest BCUT2D eigenvalue weighted by molar-refractivity contribution is 0.871. The van der Waals surface area contributed by atoms with E-state index in [4.69, 9.17) is 17.3 Å². The van der Waals surface area contributed by atoms with Gasteiger partial charge in [0.2, 0.25) is 5.95 Å². The molecule has 0 saturated carbocycles. The number of nitrogens with zero attached hydrogens (tertiary/aromatic N) is 2. The van der Waals surface area contributed by atoms with Crippen molar-refractivity contribution in [3.8, 4) is 0 Å². The molecule has 1 aromatic heterocycles. The van der Waals surface area contributed by atoms with Crippen molar-refractivity contribution in [3.05, 3.63) is 41.0 Å². The SMILES string of the molecule is CCSc1ccc(C(C)Nc2cc(Cl)nc(N)n2)cc1. The van der Waals surface area contributed by atoms with E-state index in [1.807, 2.05) is 11.8 Å². The fourth-order valence-electron chi connectivity index (χ4n) is 1.83. The van der Waals surface area contributed by atoms with Gasteiger partial charge in [-0.15, -0.1) is 11.8 Å². The lowest BCUT2D eigenvalue weighted by atomic mass is 10.1. The van der Waals surface area contributed by atoms with Crippen molar-refractivity contribution in [1.82, 2.24) is 9.97 Å². The van der Waals surface area contributed by atoms with Crippen LogP contribution in [-0.4, -0.2) is 15.7 Å². The number of nitrogens with two attached hydrogens (primary N) is 1. The van der Waals surface area contributed by atoms with Crippen LogP contribution in [0, 0.1) is 0 Å². The summed E-state index contributed by atoms with van der Waals surface area (Å²) in [6.45, 7) is 4.21. The second-order valence-electron chi connectivity index (χ2n) is 4.30. The average Bonchev–Trinajstić information content (AvgIpc) is 2.38. The normalized spacial score (nSPS) is 12.2. The molecule has 20 heavy (non-hydrogen) atoms. The molecule has 106 valence electrons. The van der Waals surface area contributed by atoms with E-state index in [1.54, 1.807) is 6.07 Å². The molecule has 0 bridgehead atoms. The smallest absolute Gasteiger partial charge is 0.223 e. The summed E-state index contributed by atoms with van der Waals surface area (Å²) in [7, 11) is 0. The first-order valence-corrected chi connectivity index (χ1v) is 7.74. The van der Waals surface area contributed by atoms with Crippen LogP contribution in [0.2, 0.25) is 5.15 Å². The Hall–Kier alpha value is -1.46. The van der Waals surface area contributed by atoms with Crippen LogP contribution in [-0.2, 0) is 0 Å². The number of rotatable bonds is 5. The number of nitrogen functional groups attached to an aromatic ring is 1. The lowest BCUT2D eigenvalue weighted by Crippen LogP contribution is -2.09. The lowest BCUT2D eigenvalue weighted by Gasteiger charge is -2.15. The van der Waals surface area contributed by atoms with Gasteiger partial charge in [-0.2, -0.15) is 4.98 Å². The predicted molar refractivity (Wildman–Crippen MR) is 86.3 cm³/mol. The van der Waals surface area contributed by atoms with E-state index in [2.05, 4.69) is 53.4 Å². The van der Waals surface area contributed by atoms with E-state index in [0.717, 1.165) is 5.75 Å². The van der Waals surface area contributed by atoms with E-state index >= 15 is 0 Å². The van der Waals surface area contributed by atoms with Gasteiger partial charge in [0.15, 0.2) is 0 Å². The second-order valence-corrected chi connectivity index (χ2v) is 6.03. The van der Waals surface area contributed by atoms with Gasteiger partial charge in [0.1, 0.15) is 11.0 Å². The van der Waals surface area contributed by atoms with Crippen molar-refractivity contribution in [1.29, 1.82) is 0 Å². The minimum absolute atomic E-state index is 0.112. The summed E-state index contributed by atoms with van der Waals surface area (Å²) in [4.78, 5) is 9.22. The van der Waals surface area contributed by atoms with E-state index in [-0.39, 0.29) is 12.0 Å². The quantitative estimate of drug-likeness (QED) is 0.645. The van der Waals surface area contributed by atoms with Crippen LogP contribution in [0.15, 0.2) is 35.2 Å². The minimum Gasteiger partial charge on any atom is -0.368 e. The van der Waals surface area contributed by atoms with Crippen molar-refractivity contribution in [3.63, 3.8) is 0 Å². The van der Waals surface area contributed by atoms with Gasteiger partial charge in [0, 0.05) is 17.0 Å². The highest BCUT2D eigenvalue weighted by atomic mass is 35.5. The maximum Gasteiger partial charge on any atom is 0.223 e. The van der Waals surface area contributed by atoms with E-state index in [0.29, 0.717) is 11.0 Å². The highest BCUT2D eigenvalue weighted by Gasteiger charge is 2.08. The summed E-state index contributed by atoms with van der Waals surface area (Å²) < 4.78 is 0.